The third-order valence-corrected chi connectivity index (χ3v) is 4.20. The lowest BCUT2D eigenvalue weighted by molar-refractivity contribution is -0.139. The highest BCUT2D eigenvalue weighted by atomic mass is 28.3. The molecule has 2 atom stereocenters. The minimum Gasteiger partial charge on any atom is -0.340 e. The lowest BCUT2D eigenvalue weighted by atomic mass is 10.1. The van der Waals surface area contributed by atoms with Crippen molar-refractivity contribution in [1.29, 1.82) is 0 Å². The van der Waals surface area contributed by atoms with Gasteiger partial charge in [0.1, 0.15) is 12.2 Å². The van der Waals surface area contributed by atoms with Crippen LogP contribution in [-0.4, -0.2) is 26.8 Å². The molecular formula is C11H17O2Si. The molecule has 1 heterocycles. The van der Waals surface area contributed by atoms with Crippen LogP contribution in [-0.2, 0) is 9.47 Å². The molecule has 0 aromatic heterocycles. The summed E-state index contributed by atoms with van der Waals surface area (Å²) >= 11 is 0. The second kappa shape index (κ2) is 3.33. The second-order valence-corrected chi connectivity index (χ2v) is 7.11. The van der Waals surface area contributed by atoms with Crippen LogP contribution < -0.4 is 0 Å². The van der Waals surface area contributed by atoms with E-state index in [0.29, 0.717) is 0 Å². The Bertz CT molecular complexity index is 292. The number of ether oxygens (including phenoxy) is 2. The number of fused-ring (bicyclic) bond motifs is 1. The highest BCUT2D eigenvalue weighted by molar-refractivity contribution is 6.64. The van der Waals surface area contributed by atoms with Gasteiger partial charge in [-0.2, -0.15) is 0 Å². The molecule has 0 aromatic rings. The molecular weight excluding hydrogens is 192 g/mol. The van der Waals surface area contributed by atoms with Crippen molar-refractivity contribution in [2.75, 3.05) is 0 Å². The van der Waals surface area contributed by atoms with Crippen LogP contribution in [0, 0.1) is 0 Å². The molecule has 0 bridgehead atoms. The zero-order valence-electron chi connectivity index (χ0n) is 9.20. The quantitative estimate of drug-likeness (QED) is 0.617. The maximum absolute atomic E-state index is 5.91. The van der Waals surface area contributed by atoms with E-state index in [1.165, 1.54) is 5.20 Å². The van der Waals surface area contributed by atoms with Crippen LogP contribution in [0.2, 0.25) is 13.1 Å². The molecule has 2 rings (SSSR count). The molecule has 2 aliphatic rings. The van der Waals surface area contributed by atoms with E-state index in [1.54, 1.807) is 0 Å². The van der Waals surface area contributed by atoms with Gasteiger partial charge in [-0.25, -0.2) is 0 Å². The molecule has 1 fully saturated rings. The minimum atomic E-state index is -0.433. The van der Waals surface area contributed by atoms with E-state index in [-0.39, 0.29) is 12.2 Å². The smallest absolute Gasteiger partial charge is 0.164 e. The molecule has 14 heavy (non-hydrogen) atoms. The fraction of sp³-hybridized carbons (Fsp3) is 0.636. The van der Waals surface area contributed by atoms with E-state index < -0.39 is 14.6 Å². The standard InChI is InChI=1S/C11H17O2Si/c1-11(2)12-8-6-5-7-9(14(3)4)10(8)13-11/h5-8,10H,1-4H3/t8-,10-/m0/s1. The van der Waals surface area contributed by atoms with Gasteiger partial charge in [-0.15, -0.1) is 0 Å². The predicted octanol–water partition coefficient (Wildman–Crippen LogP) is 2.30. The molecule has 3 heteroatoms. The summed E-state index contributed by atoms with van der Waals surface area (Å²) in [6.07, 6.45) is 6.68. The van der Waals surface area contributed by atoms with Crippen LogP contribution in [0.5, 0.6) is 0 Å². The van der Waals surface area contributed by atoms with E-state index in [1.807, 2.05) is 13.8 Å². The van der Waals surface area contributed by atoms with Crippen LogP contribution in [0.1, 0.15) is 13.8 Å². The lowest BCUT2D eigenvalue weighted by Crippen LogP contribution is -2.31. The molecule has 2 nitrogen and oxygen atoms in total. The zero-order valence-corrected chi connectivity index (χ0v) is 10.2. The van der Waals surface area contributed by atoms with E-state index in [0.717, 1.165) is 0 Å². The van der Waals surface area contributed by atoms with Gasteiger partial charge in [0.15, 0.2) is 5.79 Å². The lowest BCUT2D eigenvalue weighted by Gasteiger charge is -2.22. The average Bonchev–Trinajstić information content (AvgIpc) is 2.36. The second-order valence-electron chi connectivity index (χ2n) is 4.53. The van der Waals surface area contributed by atoms with Crippen LogP contribution >= 0.6 is 0 Å². The van der Waals surface area contributed by atoms with Crippen LogP contribution in [0.25, 0.3) is 0 Å². The molecule has 0 unspecified atom stereocenters. The summed E-state index contributed by atoms with van der Waals surface area (Å²) in [6, 6.07) is 0. The molecule has 0 amide bonds. The minimum absolute atomic E-state index is 0.130. The molecule has 0 aromatic carbocycles. The molecule has 0 saturated carbocycles. The average molecular weight is 209 g/mol. The van der Waals surface area contributed by atoms with Crippen molar-refractivity contribution in [2.24, 2.45) is 0 Å². The third-order valence-electron chi connectivity index (χ3n) is 2.59. The summed E-state index contributed by atoms with van der Waals surface area (Å²) in [6.45, 7) is 8.55. The number of rotatable bonds is 1. The van der Waals surface area contributed by atoms with Crippen molar-refractivity contribution >= 4 is 8.80 Å². The molecule has 1 saturated heterocycles. The first-order valence-corrected chi connectivity index (χ1v) is 7.54. The predicted molar refractivity (Wildman–Crippen MR) is 58.5 cm³/mol. The highest BCUT2D eigenvalue weighted by Gasteiger charge is 2.43. The van der Waals surface area contributed by atoms with Gasteiger partial charge in [-0.05, 0) is 13.8 Å². The van der Waals surface area contributed by atoms with Crippen molar-refractivity contribution in [2.45, 2.75) is 44.9 Å². The van der Waals surface area contributed by atoms with Gasteiger partial charge in [0.05, 0.1) is 8.80 Å². The Morgan fingerprint density at radius 1 is 1.29 bits per heavy atom. The van der Waals surface area contributed by atoms with Crippen molar-refractivity contribution in [1.82, 2.24) is 0 Å². The number of hydrogen-bond donors (Lipinski definition) is 0. The monoisotopic (exact) mass is 209 g/mol. The van der Waals surface area contributed by atoms with Gasteiger partial charge in [0, 0.05) is 0 Å². The van der Waals surface area contributed by atoms with Gasteiger partial charge < -0.3 is 9.47 Å². The maximum atomic E-state index is 5.91. The summed E-state index contributed by atoms with van der Waals surface area (Å²) in [5, 5.41) is 1.44. The summed E-state index contributed by atoms with van der Waals surface area (Å²) < 4.78 is 11.7. The Morgan fingerprint density at radius 2 is 2.00 bits per heavy atom. The Balaban J connectivity index is 2.24. The highest BCUT2D eigenvalue weighted by Crippen LogP contribution is 2.35. The summed E-state index contributed by atoms with van der Waals surface area (Å²) in [5.74, 6) is -0.430. The third kappa shape index (κ3) is 1.72. The van der Waals surface area contributed by atoms with Gasteiger partial charge in [-0.1, -0.05) is 36.5 Å². The number of allylic oxidation sites excluding steroid dienone is 2. The molecule has 77 valence electrons. The molecule has 0 N–H and O–H groups in total. The summed E-state index contributed by atoms with van der Waals surface area (Å²) in [7, 11) is -0.433. The fourth-order valence-corrected chi connectivity index (χ4v) is 3.21. The fourth-order valence-electron chi connectivity index (χ4n) is 1.99. The van der Waals surface area contributed by atoms with E-state index in [4.69, 9.17) is 9.47 Å². The zero-order chi connectivity index (χ0) is 10.3. The Kier molecular flexibility index (Phi) is 2.41. The van der Waals surface area contributed by atoms with Crippen molar-refractivity contribution in [3.05, 3.63) is 23.4 Å². The largest absolute Gasteiger partial charge is 0.340 e. The van der Waals surface area contributed by atoms with Crippen LogP contribution in [0.3, 0.4) is 0 Å². The van der Waals surface area contributed by atoms with Crippen molar-refractivity contribution in [3.63, 3.8) is 0 Å². The van der Waals surface area contributed by atoms with Gasteiger partial charge in [0.2, 0.25) is 0 Å². The normalized spacial score (nSPS) is 34.5. The molecule has 1 aliphatic heterocycles. The van der Waals surface area contributed by atoms with Crippen LogP contribution in [0.15, 0.2) is 23.4 Å². The first-order chi connectivity index (χ1) is 6.49. The Labute approximate surface area is 87.2 Å². The van der Waals surface area contributed by atoms with Crippen LogP contribution in [0.4, 0.5) is 0 Å². The van der Waals surface area contributed by atoms with Crippen molar-refractivity contribution < 1.29 is 9.47 Å². The Morgan fingerprint density at radius 3 is 2.64 bits per heavy atom. The van der Waals surface area contributed by atoms with E-state index >= 15 is 0 Å². The van der Waals surface area contributed by atoms with Crippen molar-refractivity contribution in [3.8, 4) is 0 Å². The molecule has 0 spiro atoms. The summed E-state index contributed by atoms with van der Waals surface area (Å²) in [4.78, 5) is 0. The first-order valence-electron chi connectivity index (χ1n) is 5.04. The molecule has 1 aliphatic carbocycles. The van der Waals surface area contributed by atoms with Gasteiger partial charge in [-0.3, -0.25) is 0 Å². The summed E-state index contributed by atoms with van der Waals surface area (Å²) in [5.41, 5.74) is 0. The maximum Gasteiger partial charge on any atom is 0.164 e. The topological polar surface area (TPSA) is 18.5 Å². The van der Waals surface area contributed by atoms with Gasteiger partial charge in [0.25, 0.3) is 0 Å². The van der Waals surface area contributed by atoms with Gasteiger partial charge >= 0.3 is 0 Å². The molecule has 1 radical (unpaired) electrons. The number of hydrogen-bond acceptors (Lipinski definition) is 2. The Hall–Kier alpha value is -0.383. The van der Waals surface area contributed by atoms with E-state index in [2.05, 4.69) is 31.3 Å². The SMILES string of the molecule is C[Si](C)C1=CC=C[C@@H]2OC(C)(C)O[C@H]12. The van der Waals surface area contributed by atoms with E-state index in [9.17, 15) is 0 Å². The first kappa shape index (κ1) is 10.1.